The fraction of sp³-hybridized carbons (Fsp3) is 0.719. The first-order valence-electron chi connectivity index (χ1n) is 14.5. The average molecular weight is 579 g/mol. The lowest BCUT2D eigenvalue weighted by molar-refractivity contribution is -0.141. The van der Waals surface area contributed by atoms with Crippen LogP contribution in [0.5, 0.6) is 0 Å². The van der Waals surface area contributed by atoms with Gasteiger partial charge in [-0.2, -0.15) is 0 Å². The number of hydrogen-bond donors (Lipinski definition) is 0. The molecule has 0 aliphatic heterocycles. The molecule has 0 N–H and O–H groups in total. The third-order valence-corrected chi connectivity index (χ3v) is 17.5. The molecule has 3 atom stereocenters. The normalized spacial score (nSPS) is 16.2. The number of rotatable bonds is 14. The van der Waals surface area contributed by atoms with Gasteiger partial charge in [-0.3, -0.25) is 0 Å². The quantitative estimate of drug-likeness (QED) is 0.125. The summed E-state index contributed by atoms with van der Waals surface area (Å²) in [5.41, 5.74) is 2.04. The van der Waals surface area contributed by atoms with Crippen LogP contribution in [0.2, 0.25) is 36.3 Å². The van der Waals surface area contributed by atoms with Crippen molar-refractivity contribution in [3.8, 4) is 0 Å². The molecule has 39 heavy (non-hydrogen) atoms. The summed E-state index contributed by atoms with van der Waals surface area (Å²) in [7, 11) is -4.14. The van der Waals surface area contributed by atoms with Gasteiger partial charge < -0.3 is 18.3 Å². The van der Waals surface area contributed by atoms with Crippen molar-refractivity contribution >= 4 is 22.6 Å². The van der Waals surface area contributed by atoms with E-state index in [9.17, 15) is 4.79 Å². The van der Waals surface area contributed by atoms with Crippen molar-refractivity contribution in [1.29, 1.82) is 0 Å². The molecular weight excluding hydrogens is 521 g/mol. The Labute approximate surface area is 242 Å². The molecule has 0 radical (unpaired) electrons. The molecule has 0 bridgehead atoms. The first-order chi connectivity index (χ1) is 17.7. The predicted octanol–water partition coefficient (Wildman–Crippen LogP) is 8.77. The molecule has 224 valence electrons. The van der Waals surface area contributed by atoms with Crippen molar-refractivity contribution in [2.45, 2.75) is 124 Å². The van der Waals surface area contributed by atoms with Crippen molar-refractivity contribution in [3.05, 3.63) is 47.5 Å². The van der Waals surface area contributed by atoms with Crippen LogP contribution in [0.3, 0.4) is 0 Å². The zero-order valence-electron chi connectivity index (χ0n) is 27.4. The Morgan fingerprint density at radius 2 is 1.41 bits per heavy atom. The van der Waals surface area contributed by atoms with Crippen LogP contribution in [0.15, 0.2) is 42.0 Å². The highest BCUT2D eigenvalue weighted by molar-refractivity contribution is 6.74. The van der Waals surface area contributed by atoms with E-state index in [1.54, 1.807) is 6.08 Å². The lowest BCUT2D eigenvalue weighted by Gasteiger charge is -2.43. The van der Waals surface area contributed by atoms with E-state index < -0.39 is 16.6 Å². The van der Waals surface area contributed by atoms with Crippen molar-refractivity contribution in [2.24, 2.45) is 11.8 Å². The second kappa shape index (κ2) is 14.6. The standard InChI is InChI=1S/C32H58O5Si2/c1-24(2)36-29(33)20-25(3)30(37-39(13,14)32(8,9)10)26(4)28(23-35-38(11,12)31(5,6)7)22-34-21-27-18-16-15-17-19-27/h15-20,24,26,28,30H,21-23H2,1-14H3/b25-20+/t26-,28+,30+/m0/s1. The largest absolute Gasteiger partial charge is 0.460 e. The second-order valence-corrected chi connectivity index (χ2v) is 23.9. The molecule has 0 saturated heterocycles. The minimum absolute atomic E-state index is 0.0284. The molecule has 1 aromatic carbocycles. The zero-order chi connectivity index (χ0) is 30.2. The Morgan fingerprint density at radius 1 is 0.872 bits per heavy atom. The monoisotopic (exact) mass is 578 g/mol. The highest BCUT2D eigenvalue weighted by Gasteiger charge is 2.43. The van der Waals surface area contributed by atoms with Crippen LogP contribution in [-0.2, 0) is 29.7 Å². The minimum Gasteiger partial charge on any atom is -0.460 e. The number of benzene rings is 1. The first-order valence-corrected chi connectivity index (χ1v) is 20.3. The summed E-state index contributed by atoms with van der Waals surface area (Å²) < 4.78 is 25.5. The lowest BCUT2D eigenvalue weighted by atomic mass is 9.87. The van der Waals surface area contributed by atoms with Crippen LogP contribution in [-0.4, -0.2) is 48.0 Å². The minimum atomic E-state index is -2.16. The van der Waals surface area contributed by atoms with Gasteiger partial charge >= 0.3 is 5.97 Å². The Kier molecular flexibility index (Phi) is 13.4. The van der Waals surface area contributed by atoms with E-state index in [-0.39, 0.29) is 40.1 Å². The van der Waals surface area contributed by atoms with Gasteiger partial charge in [0.25, 0.3) is 0 Å². The first kappa shape index (κ1) is 35.8. The molecule has 0 heterocycles. The Bertz CT molecular complexity index is 911. The predicted molar refractivity (Wildman–Crippen MR) is 169 cm³/mol. The van der Waals surface area contributed by atoms with E-state index in [1.165, 1.54) is 0 Å². The van der Waals surface area contributed by atoms with E-state index in [4.69, 9.17) is 18.3 Å². The van der Waals surface area contributed by atoms with Gasteiger partial charge in [-0.25, -0.2) is 4.79 Å². The Balaban J connectivity index is 3.36. The van der Waals surface area contributed by atoms with Crippen LogP contribution >= 0.6 is 0 Å². The molecule has 0 amide bonds. The highest BCUT2D eigenvalue weighted by atomic mass is 28.4. The van der Waals surface area contributed by atoms with E-state index in [1.807, 2.05) is 39.0 Å². The number of carbonyl (C=O) groups is 1. The summed E-state index contributed by atoms with van der Waals surface area (Å²) in [6, 6.07) is 10.3. The zero-order valence-corrected chi connectivity index (χ0v) is 29.4. The van der Waals surface area contributed by atoms with Gasteiger partial charge in [0.15, 0.2) is 16.6 Å². The molecular formula is C32H58O5Si2. The molecule has 0 saturated carbocycles. The van der Waals surface area contributed by atoms with Crippen molar-refractivity contribution < 1.29 is 23.1 Å². The maximum atomic E-state index is 12.6. The summed E-state index contributed by atoms with van der Waals surface area (Å²) in [5, 5.41) is 0.139. The molecule has 0 unspecified atom stereocenters. The van der Waals surface area contributed by atoms with Gasteiger partial charge in [0, 0.05) is 18.6 Å². The number of esters is 1. The summed E-state index contributed by atoms with van der Waals surface area (Å²) >= 11 is 0. The third kappa shape index (κ3) is 11.6. The van der Waals surface area contributed by atoms with E-state index in [0.29, 0.717) is 19.8 Å². The summed E-state index contributed by atoms with van der Waals surface area (Å²) in [6.07, 6.45) is 1.19. The lowest BCUT2D eigenvalue weighted by Crippen LogP contribution is -2.48. The maximum absolute atomic E-state index is 12.6. The fourth-order valence-electron chi connectivity index (χ4n) is 3.68. The van der Waals surface area contributed by atoms with Crippen LogP contribution in [0.1, 0.15) is 74.8 Å². The summed E-state index contributed by atoms with van der Waals surface area (Å²) in [5.74, 6) is -0.183. The molecule has 1 rings (SSSR count). The van der Waals surface area contributed by atoms with Gasteiger partial charge in [0.2, 0.25) is 0 Å². The molecule has 0 spiro atoms. The molecule has 0 aliphatic carbocycles. The van der Waals surface area contributed by atoms with Crippen LogP contribution in [0.25, 0.3) is 0 Å². The highest BCUT2D eigenvalue weighted by Crippen LogP contribution is 2.41. The van der Waals surface area contributed by atoms with Crippen molar-refractivity contribution in [3.63, 3.8) is 0 Å². The number of carbonyl (C=O) groups excluding carboxylic acids is 1. The topological polar surface area (TPSA) is 54.0 Å². The third-order valence-electron chi connectivity index (χ3n) is 8.50. The Morgan fingerprint density at radius 3 is 1.90 bits per heavy atom. The molecule has 0 fully saturated rings. The van der Waals surface area contributed by atoms with E-state index in [0.717, 1.165) is 11.1 Å². The van der Waals surface area contributed by atoms with Crippen molar-refractivity contribution in [2.75, 3.05) is 13.2 Å². The number of hydrogen-bond acceptors (Lipinski definition) is 5. The SMILES string of the molecule is C/C(=C\C(=O)OC(C)C)[C@@H](O[Si](C)(C)C(C)(C)C)[C@@H](C)[C@H](COCc1ccccc1)CO[Si](C)(C)C(C)(C)C. The molecule has 0 aromatic heterocycles. The van der Waals surface area contributed by atoms with Crippen LogP contribution < -0.4 is 0 Å². The fourth-order valence-corrected chi connectivity index (χ4v) is 6.13. The average Bonchev–Trinajstić information content (AvgIpc) is 2.77. The second-order valence-electron chi connectivity index (χ2n) is 14.4. The molecule has 0 aliphatic rings. The van der Waals surface area contributed by atoms with Crippen molar-refractivity contribution in [1.82, 2.24) is 0 Å². The van der Waals surface area contributed by atoms with E-state index >= 15 is 0 Å². The molecule has 1 aromatic rings. The van der Waals surface area contributed by atoms with Gasteiger partial charge in [-0.05, 0) is 74.1 Å². The molecule has 5 nitrogen and oxygen atoms in total. The van der Waals surface area contributed by atoms with Gasteiger partial charge in [0.1, 0.15) is 0 Å². The van der Waals surface area contributed by atoms with Gasteiger partial charge in [-0.1, -0.05) is 78.8 Å². The number of ether oxygens (including phenoxy) is 2. The smallest absolute Gasteiger partial charge is 0.331 e. The van der Waals surface area contributed by atoms with Crippen LogP contribution in [0, 0.1) is 11.8 Å². The van der Waals surface area contributed by atoms with Gasteiger partial charge in [-0.15, -0.1) is 0 Å². The van der Waals surface area contributed by atoms with Gasteiger partial charge in [0.05, 0.1) is 25.4 Å². The van der Waals surface area contributed by atoms with Crippen LogP contribution in [0.4, 0.5) is 0 Å². The molecule has 7 heteroatoms. The Hall–Kier alpha value is -1.26. The maximum Gasteiger partial charge on any atom is 0.331 e. The van der Waals surface area contributed by atoms with E-state index in [2.05, 4.69) is 86.8 Å². The summed E-state index contributed by atoms with van der Waals surface area (Å²) in [6.45, 7) is 32.3. The summed E-state index contributed by atoms with van der Waals surface area (Å²) in [4.78, 5) is 12.6.